The summed E-state index contributed by atoms with van der Waals surface area (Å²) in [5.74, 6) is -0.546. The number of benzene rings is 1. The van der Waals surface area contributed by atoms with Crippen molar-refractivity contribution in [1.82, 2.24) is 5.32 Å². The smallest absolute Gasteiger partial charge is 0.231 e. The van der Waals surface area contributed by atoms with Crippen molar-refractivity contribution >= 4 is 5.91 Å². The highest BCUT2D eigenvalue weighted by Crippen LogP contribution is 2.32. The molecule has 1 atom stereocenters. The summed E-state index contributed by atoms with van der Waals surface area (Å²) in [6, 6.07) is 5.11. The van der Waals surface area contributed by atoms with Gasteiger partial charge < -0.3 is 11.1 Å². The maximum atomic E-state index is 13.3. The predicted molar refractivity (Wildman–Crippen MR) is 54.7 cm³/mol. The molecule has 0 aromatic heterocycles. The number of hydrogen-bond donors (Lipinski definition) is 2. The number of halogens is 1. The van der Waals surface area contributed by atoms with Gasteiger partial charge in [-0.3, -0.25) is 4.79 Å². The lowest BCUT2D eigenvalue weighted by Crippen LogP contribution is -2.30. The fraction of sp³-hybridized carbons (Fsp3) is 0.364. The maximum Gasteiger partial charge on any atom is 0.231 e. The maximum absolute atomic E-state index is 13.3. The Morgan fingerprint density at radius 1 is 1.60 bits per heavy atom. The molecule has 0 aliphatic heterocycles. The van der Waals surface area contributed by atoms with E-state index in [9.17, 15) is 9.18 Å². The fourth-order valence-electron chi connectivity index (χ4n) is 2.05. The summed E-state index contributed by atoms with van der Waals surface area (Å²) in [6.45, 7) is 0.140. The summed E-state index contributed by atoms with van der Waals surface area (Å²) in [7, 11) is 0. The second-order valence-corrected chi connectivity index (χ2v) is 3.75. The number of rotatable bonds is 3. The standard InChI is InChI=1S/C11H13FN2O/c12-9-3-1-2-8-7(9)4-5-10(8)14-6-11(13)15/h1-3,10,14H,4-6H2,(H2,13,15). The number of carbonyl (C=O) groups excluding carboxylic acids is 1. The number of fused-ring (bicyclic) bond motifs is 1. The van der Waals surface area contributed by atoms with Gasteiger partial charge >= 0.3 is 0 Å². The molecule has 0 saturated heterocycles. The van der Waals surface area contributed by atoms with Crippen LogP contribution in [0.25, 0.3) is 0 Å². The van der Waals surface area contributed by atoms with Crippen molar-refractivity contribution in [2.24, 2.45) is 5.73 Å². The van der Waals surface area contributed by atoms with E-state index in [1.807, 2.05) is 6.07 Å². The molecule has 80 valence electrons. The SMILES string of the molecule is NC(=O)CNC1CCc2c(F)cccc21. The number of amides is 1. The second-order valence-electron chi connectivity index (χ2n) is 3.75. The zero-order chi connectivity index (χ0) is 10.8. The van der Waals surface area contributed by atoms with Crippen LogP contribution in [0.4, 0.5) is 4.39 Å². The molecule has 0 radical (unpaired) electrons. The van der Waals surface area contributed by atoms with E-state index >= 15 is 0 Å². The van der Waals surface area contributed by atoms with Crippen LogP contribution < -0.4 is 11.1 Å². The van der Waals surface area contributed by atoms with Gasteiger partial charge in [-0.05, 0) is 30.0 Å². The molecule has 0 saturated carbocycles. The van der Waals surface area contributed by atoms with E-state index in [0.717, 1.165) is 24.0 Å². The quantitative estimate of drug-likeness (QED) is 0.775. The van der Waals surface area contributed by atoms with Crippen molar-refractivity contribution in [2.45, 2.75) is 18.9 Å². The molecule has 0 heterocycles. The number of nitrogens with two attached hydrogens (primary N) is 1. The van der Waals surface area contributed by atoms with Crippen LogP contribution >= 0.6 is 0 Å². The number of primary amides is 1. The van der Waals surface area contributed by atoms with Crippen molar-refractivity contribution in [2.75, 3.05) is 6.54 Å². The average molecular weight is 208 g/mol. The molecule has 1 aromatic rings. The lowest BCUT2D eigenvalue weighted by Gasteiger charge is -2.12. The largest absolute Gasteiger partial charge is 0.369 e. The number of carbonyl (C=O) groups is 1. The molecule has 1 aromatic carbocycles. The summed E-state index contributed by atoms with van der Waals surface area (Å²) in [4.78, 5) is 10.6. The molecule has 1 aliphatic rings. The summed E-state index contributed by atoms with van der Waals surface area (Å²) >= 11 is 0. The van der Waals surface area contributed by atoms with Crippen molar-refractivity contribution in [3.8, 4) is 0 Å². The van der Waals surface area contributed by atoms with Gasteiger partial charge in [0.1, 0.15) is 5.82 Å². The highest BCUT2D eigenvalue weighted by Gasteiger charge is 2.24. The molecule has 3 nitrogen and oxygen atoms in total. The Balaban J connectivity index is 2.14. The molecule has 4 heteroatoms. The first kappa shape index (κ1) is 10.1. The molecule has 0 fully saturated rings. The van der Waals surface area contributed by atoms with Crippen LogP contribution in [0.5, 0.6) is 0 Å². The summed E-state index contributed by atoms with van der Waals surface area (Å²) in [5, 5.41) is 3.02. The Morgan fingerprint density at radius 2 is 2.40 bits per heavy atom. The molecule has 1 aliphatic carbocycles. The summed E-state index contributed by atoms with van der Waals surface area (Å²) in [5.41, 5.74) is 6.76. The van der Waals surface area contributed by atoms with Gasteiger partial charge in [0.25, 0.3) is 0 Å². The van der Waals surface area contributed by atoms with Gasteiger partial charge in [-0.25, -0.2) is 4.39 Å². The topological polar surface area (TPSA) is 55.1 Å². The van der Waals surface area contributed by atoms with Crippen LogP contribution in [0.1, 0.15) is 23.6 Å². The third-order valence-corrected chi connectivity index (χ3v) is 2.74. The van der Waals surface area contributed by atoms with Gasteiger partial charge in [0.15, 0.2) is 0 Å². The Bertz CT molecular complexity index is 392. The average Bonchev–Trinajstić information content (AvgIpc) is 2.59. The van der Waals surface area contributed by atoms with Crippen LogP contribution in [0.2, 0.25) is 0 Å². The van der Waals surface area contributed by atoms with Crippen LogP contribution in [-0.4, -0.2) is 12.5 Å². The molecule has 1 unspecified atom stereocenters. The van der Waals surface area contributed by atoms with Crippen LogP contribution in [0.15, 0.2) is 18.2 Å². The Hall–Kier alpha value is -1.42. The van der Waals surface area contributed by atoms with Gasteiger partial charge in [-0.15, -0.1) is 0 Å². The third-order valence-electron chi connectivity index (χ3n) is 2.74. The normalized spacial score (nSPS) is 18.9. The van der Waals surface area contributed by atoms with E-state index in [1.54, 1.807) is 6.07 Å². The first-order chi connectivity index (χ1) is 7.18. The minimum atomic E-state index is -0.389. The Kier molecular flexibility index (Phi) is 2.68. The van der Waals surface area contributed by atoms with Crippen molar-refractivity contribution in [3.63, 3.8) is 0 Å². The van der Waals surface area contributed by atoms with E-state index in [2.05, 4.69) is 5.32 Å². The zero-order valence-corrected chi connectivity index (χ0v) is 8.29. The van der Waals surface area contributed by atoms with Gasteiger partial charge in [0.05, 0.1) is 6.54 Å². The second kappa shape index (κ2) is 3.98. The van der Waals surface area contributed by atoms with Crippen molar-refractivity contribution in [1.29, 1.82) is 0 Å². The van der Waals surface area contributed by atoms with Gasteiger partial charge in [0.2, 0.25) is 5.91 Å². The molecule has 3 N–H and O–H groups in total. The lowest BCUT2D eigenvalue weighted by atomic mass is 10.1. The number of nitrogens with one attached hydrogen (secondary N) is 1. The zero-order valence-electron chi connectivity index (χ0n) is 8.29. The minimum Gasteiger partial charge on any atom is -0.369 e. The van der Waals surface area contributed by atoms with E-state index in [-0.39, 0.29) is 24.3 Å². The summed E-state index contributed by atoms with van der Waals surface area (Å²) < 4.78 is 13.3. The van der Waals surface area contributed by atoms with Crippen LogP contribution in [0.3, 0.4) is 0 Å². The van der Waals surface area contributed by atoms with E-state index in [1.165, 1.54) is 6.07 Å². The van der Waals surface area contributed by atoms with E-state index in [0.29, 0.717) is 0 Å². The number of hydrogen-bond acceptors (Lipinski definition) is 2. The first-order valence-electron chi connectivity index (χ1n) is 4.97. The molecular formula is C11H13FN2O. The van der Waals surface area contributed by atoms with Gasteiger partial charge in [0, 0.05) is 6.04 Å². The molecule has 0 spiro atoms. The van der Waals surface area contributed by atoms with E-state index in [4.69, 9.17) is 5.73 Å². The van der Waals surface area contributed by atoms with Crippen molar-refractivity contribution in [3.05, 3.63) is 35.1 Å². The van der Waals surface area contributed by atoms with E-state index < -0.39 is 0 Å². The summed E-state index contributed by atoms with van der Waals surface area (Å²) in [6.07, 6.45) is 1.54. The van der Waals surface area contributed by atoms with Crippen molar-refractivity contribution < 1.29 is 9.18 Å². The molecule has 0 bridgehead atoms. The lowest BCUT2D eigenvalue weighted by molar-refractivity contribution is -0.117. The Morgan fingerprint density at radius 3 is 3.13 bits per heavy atom. The van der Waals surface area contributed by atoms with Crippen LogP contribution in [0, 0.1) is 5.82 Å². The highest BCUT2D eigenvalue weighted by atomic mass is 19.1. The van der Waals surface area contributed by atoms with Gasteiger partial charge in [-0.2, -0.15) is 0 Å². The monoisotopic (exact) mass is 208 g/mol. The minimum absolute atomic E-state index is 0.0585. The van der Waals surface area contributed by atoms with Gasteiger partial charge in [-0.1, -0.05) is 12.1 Å². The predicted octanol–water partition coefficient (Wildman–Crippen LogP) is 0.888. The first-order valence-corrected chi connectivity index (χ1v) is 4.97. The molecular weight excluding hydrogens is 195 g/mol. The molecule has 1 amide bonds. The van der Waals surface area contributed by atoms with Crippen LogP contribution in [-0.2, 0) is 11.2 Å². The molecule has 2 rings (SSSR count). The highest BCUT2D eigenvalue weighted by molar-refractivity contribution is 5.75. The fourth-order valence-corrected chi connectivity index (χ4v) is 2.05. The molecule has 15 heavy (non-hydrogen) atoms. The Labute approximate surface area is 87.5 Å². The third kappa shape index (κ3) is 1.99.